The predicted molar refractivity (Wildman–Crippen MR) is 102 cm³/mol. The average Bonchev–Trinajstić information content (AvgIpc) is 2.45. The summed E-state index contributed by atoms with van der Waals surface area (Å²) in [6.07, 6.45) is 10.1. The molecule has 1 aliphatic rings. The number of aryl methyl sites for hydroxylation is 1. The van der Waals surface area contributed by atoms with Crippen LogP contribution in [0.5, 0.6) is 11.5 Å². The number of allylic oxidation sites excluding steroid dienone is 2. The van der Waals surface area contributed by atoms with E-state index in [0.29, 0.717) is 5.75 Å². The summed E-state index contributed by atoms with van der Waals surface area (Å²) in [5.41, 5.74) is 3.36. The third-order valence-corrected chi connectivity index (χ3v) is 4.85. The Morgan fingerprint density at radius 1 is 1.25 bits per heavy atom. The van der Waals surface area contributed by atoms with Crippen LogP contribution in [0.25, 0.3) is 0 Å². The van der Waals surface area contributed by atoms with Crippen LogP contribution < -0.4 is 4.74 Å². The number of ether oxygens (including phenoxy) is 1. The molecule has 1 atom stereocenters. The lowest BCUT2D eigenvalue weighted by molar-refractivity contribution is 0.0771. The molecule has 2 nitrogen and oxygen atoms in total. The molecule has 0 saturated carbocycles. The Labute approximate surface area is 147 Å². The van der Waals surface area contributed by atoms with Crippen molar-refractivity contribution in [3.63, 3.8) is 0 Å². The number of hydrogen-bond donors (Lipinski definition) is 1. The Morgan fingerprint density at radius 3 is 2.67 bits per heavy atom. The van der Waals surface area contributed by atoms with Crippen LogP contribution in [0.15, 0.2) is 23.8 Å². The highest BCUT2D eigenvalue weighted by molar-refractivity contribution is 5.52. The van der Waals surface area contributed by atoms with Gasteiger partial charge in [0.05, 0.1) is 0 Å². The van der Waals surface area contributed by atoms with Crippen molar-refractivity contribution in [2.75, 3.05) is 0 Å². The van der Waals surface area contributed by atoms with Crippen LogP contribution in [-0.4, -0.2) is 10.7 Å². The first kappa shape index (κ1) is 18.9. The van der Waals surface area contributed by atoms with Crippen molar-refractivity contribution in [1.29, 1.82) is 0 Å². The van der Waals surface area contributed by atoms with Gasteiger partial charge in [0.2, 0.25) is 0 Å². The van der Waals surface area contributed by atoms with Gasteiger partial charge >= 0.3 is 0 Å². The number of benzene rings is 1. The lowest BCUT2D eigenvalue weighted by atomic mass is 9.82. The minimum absolute atomic E-state index is 0.199. The highest BCUT2D eigenvalue weighted by Gasteiger charge is 2.34. The summed E-state index contributed by atoms with van der Waals surface area (Å²) in [6, 6.07) is 4.10. The quantitative estimate of drug-likeness (QED) is 0.456. The van der Waals surface area contributed by atoms with E-state index < -0.39 is 0 Å². The second-order valence-corrected chi connectivity index (χ2v) is 7.92. The molecule has 134 valence electrons. The number of unbranched alkanes of at least 4 members (excludes halogenated alkanes) is 2. The summed E-state index contributed by atoms with van der Waals surface area (Å²) in [5.74, 6) is 1.52. The Morgan fingerprint density at radius 2 is 2.00 bits per heavy atom. The second-order valence-electron chi connectivity index (χ2n) is 7.92. The first-order valence-corrected chi connectivity index (χ1v) is 9.58. The van der Waals surface area contributed by atoms with Crippen LogP contribution in [0.2, 0.25) is 0 Å². The summed E-state index contributed by atoms with van der Waals surface area (Å²) in [4.78, 5) is 0. The van der Waals surface area contributed by atoms with Crippen LogP contribution >= 0.6 is 0 Å². The van der Waals surface area contributed by atoms with Crippen molar-refractivity contribution in [2.45, 2.75) is 91.1 Å². The largest absolute Gasteiger partial charge is 0.507 e. The maximum absolute atomic E-state index is 10.7. The standard InChI is InChI=1S/C22H34O2/c1-6-8-9-11-17-13-19(23)21-18(12-16(3)10-7-2)15-22(4,5)24-20(21)14-17/h12-14,18,23H,6-11,15H2,1-5H3/b16-12-/t18-/m1/s1. The second kappa shape index (κ2) is 8.09. The molecule has 0 aromatic heterocycles. The minimum atomic E-state index is -0.199. The van der Waals surface area contributed by atoms with Crippen LogP contribution in [0.3, 0.4) is 0 Å². The van der Waals surface area contributed by atoms with Gasteiger partial charge in [0, 0.05) is 11.5 Å². The number of aromatic hydroxyl groups is 1. The topological polar surface area (TPSA) is 29.5 Å². The van der Waals surface area contributed by atoms with E-state index in [2.05, 4.69) is 46.8 Å². The first-order chi connectivity index (χ1) is 11.4. The van der Waals surface area contributed by atoms with Crippen molar-refractivity contribution in [2.24, 2.45) is 0 Å². The van der Waals surface area contributed by atoms with Gasteiger partial charge in [-0.3, -0.25) is 0 Å². The fraction of sp³-hybridized carbons (Fsp3) is 0.636. The molecule has 1 aromatic rings. The number of fused-ring (bicyclic) bond motifs is 1. The number of hydrogen-bond acceptors (Lipinski definition) is 2. The molecule has 0 amide bonds. The zero-order valence-electron chi connectivity index (χ0n) is 16.1. The van der Waals surface area contributed by atoms with Crippen molar-refractivity contribution in [3.8, 4) is 11.5 Å². The monoisotopic (exact) mass is 330 g/mol. The van der Waals surface area contributed by atoms with E-state index in [1.54, 1.807) is 0 Å². The molecule has 0 bridgehead atoms. The smallest absolute Gasteiger partial charge is 0.127 e. The Hall–Kier alpha value is -1.44. The molecule has 1 N–H and O–H groups in total. The van der Waals surface area contributed by atoms with E-state index in [4.69, 9.17) is 4.74 Å². The molecule has 0 spiro atoms. The number of rotatable bonds is 7. The van der Waals surface area contributed by atoms with Gasteiger partial charge in [0.1, 0.15) is 17.1 Å². The van der Waals surface area contributed by atoms with E-state index in [1.165, 1.54) is 24.0 Å². The van der Waals surface area contributed by atoms with Crippen molar-refractivity contribution < 1.29 is 9.84 Å². The summed E-state index contributed by atoms with van der Waals surface area (Å²) in [5, 5.41) is 10.7. The van der Waals surface area contributed by atoms with Crippen LogP contribution in [0.4, 0.5) is 0 Å². The van der Waals surface area contributed by atoms with Gasteiger partial charge in [-0.05, 0) is 64.2 Å². The molecule has 24 heavy (non-hydrogen) atoms. The van der Waals surface area contributed by atoms with E-state index in [9.17, 15) is 5.11 Å². The van der Waals surface area contributed by atoms with Crippen molar-refractivity contribution >= 4 is 0 Å². The van der Waals surface area contributed by atoms with Gasteiger partial charge in [0.25, 0.3) is 0 Å². The molecular formula is C22H34O2. The van der Waals surface area contributed by atoms with E-state index in [0.717, 1.165) is 43.4 Å². The maximum Gasteiger partial charge on any atom is 0.127 e. The molecule has 1 aliphatic heterocycles. The van der Waals surface area contributed by atoms with Gasteiger partial charge in [-0.25, -0.2) is 0 Å². The molecule has 0 radical (unpaired) electrons. The highest BCUT2D eigenvalue weighted by atomic mass is 16.5. The molecule has 1 aromatic carbocycles. The van der Waals surface area contributed by atoms with Crippen LogP contribution in [0.1, 0.15) is 90.2 Å². The molecule has 0 aliphatic carbocycles. The summed E-state index contributed by atoms with van der Waals surface area (Å²) in [6.45, 7) is 10.9. The zero-order chi connectivity index (χ0) is 17.7. The predicted octanol–water partition coefficient (Wildman–Crippen LogP) is 6.52. The van der Waals surface area contributed by atoms with Crippen molar-refractivity contribution in [3.05, 3.63) is 34.9 Å². The molecule has 2 rings (SSSR count). The average molecular weight is 331 g/mol. The Balaban J connectivity index is 2.35. The summed E-state index contributed by atoms with van der Waals surface area (Å²) >= 11 is 0. The van der Waals surface area contributed by atoms with Crippen LogP contribution in [0, 0.1) is 0 Å². The van der Waals surface area contributed by atoms with Gasteiger partial charge in [-0.2, -0.15) is 0 Å². The number of phenols is 1. The number of phenolic OH excluding ortho intramolecular Hbond substituents is 1. The third kappa shape index (κ3) is 4.78. The van der Waals surface area contributed by atoms with Gasteiger partial charge in [0.15, 0.2) is 0 Å². The van der Waals surface area contributed by atoms with Gasteiger partial charge in [-0.1, -0.05) is 44.8 Å². The Bertz CT molecular complexity index is 584. The Kier molecular flexibility index (Phi) is 6.37. The maximum atomic E-state index is 10.7. The molecular weight excluding hydrogens is 296 g/mol. The van der Waals surface area contributed by atoms with E-state index in [-0.39, 0.29) is 11.5 Å². The fourth-order valence-electron chi connectivity index (χ4n) is 3.78. The third-order valence-electron chi connectivity index (χ3n) is 4.85. The molecule has 0 saturated heterocycles. The van der Waals surface area contributed by atoms with Gasteiger partial charge < -0.3 is 9.84 Å². The zero-order valence-corrected chi connectivity index (χ0v) is 16.1. The summed E-state index contributed by atoms with van der Waals surface area (Å²) in [7, 11) is 0. The normalized spacial score (nSPS) is 19.7. The van der Waals surface area contributed by atoms with Crippen molar-refractivity contribution in [1.82, 2.24) is 0 Å². The first-order valence-electron chi connectivity index (χ1n) is 9.58. The van der Waals surface area contributed by atoms with Crippen LogP contribution in [-0.2, 0) is 6.42 Å². The van der Waals surface area contributed by atoms with Gasteiger partial charge in [-0.15, -0.1) is 0 Å². The molecule has 2 heteroatoms. The molecule has 1 heterocycles. The minimum Gasteiger partial charge on any atom is -0.507 e. The lowest BCUT2D eigenvalue weighted by Crippen LogP contribution is -2.34. The fourth-order valence-corrected chi connectivity index (χ4v) is 3.78. The lowest BCUT2D eigenvalue weighted by Gasteiger charge is -2.37. The van der Waals surface area contributed by atoms with E-state index in [1.807, 2.05) is 6.07 Å². The summed E-state index contributed by atoms with van der Waals surface area (Å²) < 4.78 is 6.23. The molecule has 0 unspecified atom stereocenters. The van der Waals surface area contributed by atoms with E-state index >= 15 is 0 Å². The highest BCUT2D eigenvalue weighted by Crippen LogP contribution is 2.47. The SMILES string of the molecule is CCCCCc1cc(O)c2c(c1)OC(C)(C)C[C@H]2/C=C(/C)CCC. The molecule has 0 fully saturated rings.